The van der Waals surface area contributed by atoms with E-state index in [0.29, 0.717) is 36.6 Å². The van der Waals surface area contributed by atoms with Crippen molar-refractivity contribution in [3.8, 4) is 0 Å². The molecule has 0 bridgehead atoms. The van der Waals surface area contributed by atoms with Crippen LogP contribution < -0.4 is 0 Å². The SMILES string of the molecule is O=C(c1c(Cl)nc2cc(Cl)ccn12)N1CCC(n2ccc(C(F)(F)F)n2)CC1. The van der Waals surface area contributed by atoms with Crippen LogP contribution in [0.2, 0.25) is 10.2 Å². The van der Waals surface area contributed by atoms with Gasteiger partial charge in [0.25, 0.3) is 5.91 Å². The average molecular weight is 432 g/mol. The van der Waals surface area contributed by atoms with Gasteiger partial charge in [-0.25, -0.2) is 4.98 Å². The first-order valence-corrected chi connectivity index (χ1v) is 9.24. The number of likely N-dealkylation sites (tertiary alicyclic amines) is 1. The van der Waals surface area contributed by atoms with Gasteiger partial charge in [0, 0.05) is 36.6 Å². The Morgan fingerprint density at radius 1 is 1.14 bits per heavy atom. The molecule has 1 saturated heterocycles. The van der Waals surface area contributed by atoms with Crippen LogP contribution >= 0.6 is 23.2 Å². The normalized spacial score (nSPS) is 16.1. The number of nitrogens with zero attached hydrogens (tertiary/aromatic N) is 5. The lowest BCUT2D eigenvalue weighted by molar-refractivity contribution is -0.141. The molecule has 6 nitrogen and oxygen atoms in total. The van der Waals surface area contributed by atoms with Crippen LogP contribution in [0.1, 0.15) is 35.1 Å². The van der Waals surface area contributed by atoms with Crippen molar-refractivity contribution in [2.75, 3.05) is 13.1 Å². The van der Waals surface area contributed by atoms with Gasteiger partial charge in [-0.2, -0.15) is 18.3 Å². The molecule has 0 saturated carbocycles. The number of carbonyl (C=O) groups is 1. The van der Waals surface area contributed by atoms with E-state index in [0.717, 1.165) is 6.07 Å². The number of carbonyl (C=O) groups excluding carboxylic acids is 1. The molecule has 3 aromatic heterocycles. The topological polar surface area (TPSA) is 55.4 Å². The molecule has 1 aliphatic rings. The van der Waals surface area contributed by atoms with Crippen molar-refractivity contribution in [3.05, 3.63) is 52.2 Å². The number of halogens is 5. The van der Waals surface area contributed by atoms with Gasteiger partial charge in [0.05, 0.1) is 6.04 Å². The van der Waals surface area contributed by atoms with Crippen LogP contribution in [0.25, 0.3) is 5.65 Å². The molecule has 1 aliphatic heterocycles. The number of hydrogen-bond acceptors (Lipinski definition) is 3. The summed E-state index contributed by atoms with van der Waals surface area (Å²) in [7, 11) is 0. The van der Waals surface area contributed by atoms with Gasteiger partial charge in [0.1, 0.15) is 5.65 Å². The van der Waals surface area contributed by atoms with Crippen molar-refractivity contribution in [2.24, 2.45) is 0 Å². The van der Waals surface area contributed by atoms with E-state index in [2.05, 4.69) is 10.1 Å². The summed E-state index contributed by atoms with van der Waals surface area (Å²) in [6.07, 6.45) is -0.532. The summed E-state index contributed by atoms with van der Waals surface area (Å²) in [6.45, 7) is 0.754. The van der Waals surface area contributed by atoms with Crippen LogP contribution in [0.4, 0.5) is 13.2 Å². The first-order valence-electron chi connectivity index (χ1n) is 8.49. The van der Waals surface area contributed by atoms with E-state index in [9.17, 15) is 18.0 Å². The van der Waals surface area contributed by atoms with E-state index >= 15 is 0 Å². The van der Waals surface area contributed by atoms with Crippen LogP contribution in [0.5, 0.6) is 0 Å². The van der Waals surface area contributed by atoms with Gasteiger partial charge in [-0.05, 0) is 25.0 Å². The highest BCUT2D eigenvalue weighted by atomic mass is 35.5. The van der Waals surface area contributed by atoms with E-state index in [-0.39, 0.29) is 22.8 Å². The quantitative estimate of drug-likeness (QED) is 0.606. The van der Waals surface area contributed by atoms with E-state index in [1.165, 1.54) is 10.9 Å². The number of imidazole rings is 1. The zero-order valence-electron chi connectivity index (χ0n) is 14.3. The molecule has 0 N–H and O–H groups in total. The second kappa shape index (κ2) is 6.97. The molecule has 0 spiro atoms. The van der Waals surface area contributed by atoms with Gasteiger partial charge in [-0.3, -0.25) is 13.9 Å². The molecule has 4 heterocycles. The lowest BCUT2D eigenvalue weighted by Gasteiger charge is -2.32. The maximum atomic E-state index is 12.9. The maximum absolute atomic E-state index is 12.9. The van der Waals surface area contributed by atoms with Crippen molar-refractivity contribution in [3.63, 3.8) is 0 Å². The Hall–Kier alpha value is -2.26. The molecule has 3 aromatic rings. The molecule has 0 aliphatic carbocycles. The predicted octanol–water partition coefficient (Wildman–Crippen LogP) is 4.33. The third kappa shape index (κ3) is 3.44. The summed E-state index contributed by atoms with van der Waals surface area (Å²) in [5.74, 6) is -0.283. The molecule has 28 heavy (non-hydrogen) atoms. The van der Waals surface area contributed by atoms with Crippen LogP contribution in [0.3, 0.4) is 0 Å². The monoisotopic (exact) mass is 431 g/mol. The van der Waals surface area contributed by atoms with Crippen LogP contribution in [-0.2, 0) is 6.18 Å². The number of amides is 1. The average Bonchev–Trinajstić information content (AvgIpc) is 3.25. The minimum Gasteiger partial charge on any atom is -0.337 e. The largest absolute Gasteiger partial charge is 0.435 e. The predicted molar refractivity (Wildman–Crippen MR) is 96.6 cm³/mol. The molecule has 0 unspecified atom stereocenters. The number of fused-ring (bicyclic) bond motifs is 1. The summed E-state index contributed by atoms with van der Waals surface area (Å²) in [6, 6.07) is 4.00. The highest BCUT2D eigenvalue weighted by Crippen LogP contribution is 2.30. The number of aromatic nitrogens is 4. The van der Waals surface area contributed by atoms with E-state index in [4.69, 9.17) is 23.2 Å². The molecule has 148 valence electrons. The molecule has 1 amide bonds. The van der Waals surface area contributed by atoms with Gasteiger partial charge in [0.2, 0.25) is 0 Å². The molecule has 11 heteroatoms. The fraction of sp³-hybridized carbons (Fsp3) is 0.353. The van der Waals surface area contributed by atoms with Crippen molar-refractivity contribution in [2.45, 2.75) is 25.1 Å². The minimum absolute atomic E-state index is 0.0799. The lowest BCUT2D eigenvalue weighted by atomic mass is 10.1. The summed E-state index contributed by atoms with van der Waals surface area (Å²) >= 11 is 12.1. The van der Waals surface area contributed by atoms with Crippen LogP contribution in [-0.4, -0.2) is 43.1 Å². The molecule has 0 radical (unpaired) electrons. The summed E-state index contributed by atoms with van der Waals surface area (Å²) in [5, 5.41) is 4.19. The molecular weight excluding hydrogens is 418 g/mol. The Labute approximate surface area is 167 Å². The molecule has 4 rings (SSSR count). The number of piperidine rings is 1. The standard InChI is InChI=1S/C17H14Cl2F3N5O/c18-10-1-7-26-13(9-10)23-15(19)14(26)16(28)25-5-2-11(3-6-25)27-8-4-12(24-27)17(20,21)22/h1,4,7-9,11H,2-3,5-6H2. The minimum atomic E-state index is -4.47. The Balaban J connectivity index is 1.49. The third-order valence-corrected chi connectivity index (χ3v) is 5.27. The number of rotatable bonds is 2. The Morgan fingerprint density at radius 3 is 2.50 bits per heavy atom. The summed E-state index contributed by atoms with van der Waals surface area (Å²) in [5.41, 5.74) is -0.209. The molecule has 0 aromatic carbocycles. The Morgan fingerprint density at radius 2 is 1.86 bits per heavy atom. The van der Waals surface area contributed by atoms with Crippen molar-refractivity contribution in [1.29, 1.82) is 0 Å². The first-order chi connectivity index (χ1) is 13.2. The molecular formula is C17H14Cl2F3N5O. The Kier molecular flexibility index (Phi) is 4.75. The van der Waals surface area contributed by atoms with Gasteiger partial charge in [0.15, 0.2) is 16.5 Å². The summed E-state index contributed by atoms with van der Waals surface area (Å²) in [4.78, 5) is 18.7. The van der Waals surface area contributed by atoms with E-state index < -0.39 is 11.9 Å². The number of alkyl halides is 3. The van der Waals surface area contributed by atoms with E-state index in [1.807, 2.05) is 0 Å². The zero-order chi connectivity index (χ0) is 20.1. The third-order valence-electron chi connectivity index (χ3n) is 4.77. The van der Waals surface area contributed by atoms with Gasteiger partial charge in [-0.1, -0.05) is 23.2 Å². The smallest absolute Gasteiger partial charge is 0.337 e. The highest BCUT2D eigenvalue weighted by molar-refractivity contribution is 6.33. The van der Waals surface area contributed by atoms with Crippen LogP contribution in [0.15, 0.2) is 30.6 Å². The van der Waals surface area contributed by atoms with E-state index in [1.54, 1.807) is 27.6 Å². The summed E-state index contributed by atoms with van der Waals surface area (Å²) < 4.78 is 41.1. The second-order valence-corrected chi connectivity index (χ2v) is 7.32. The van der Waals surface area contributed by atoms with Gasteiger partial charge in [-0.15, -0.1) is 0 Å². The van der Waals surface area contributed by atoms with Gasteiger partial charge < -0.3 is 4.90 Å². The van der Waals surface area contributed by atoms with Gasteiger partial charge >= 0.3 is 6.18 Å². The highest BCUT2D eigenvalue weighted by Gasteiger charge is 2.35. The Bertz CT molecular complexity index is 1040. The fourth-order valence-corrected chi connectivity index (χ4v) is 3.77. The van der Waals surface area contributed by atoms with Crippen molar-refractivity contribution >= 4 is 34.8 Å². The molecule has 0 atom stereocenters. The number of hydrogen-bond donors (Lipinski definition) is 0. The van der Waals surface area contributed by atoms with Crippen LogP contribution in [0, 0.1) is 0 Å². The van der Waals surface area contributed by atoms with Crippen molar-refractivity contribution in [1.82, 2.24) is 24.1 Å². The first kappa shape index (κ1) is 19.1. The lowest BCUT2D eigenvalue weighted by Crippen LogP contribution is -2.39. The molecule has 1 fully saturated rings. The zero-order valence-corrected chi connectivity index (χ0v) is 15.8. The number of pyridine rings is 1. The second-order valence-electron chi connectivity index (χ2n) is 6.53. The van der Waals surface area contributed by atoms with Crippen molar-refractivity contribution < 1.29 is 18.0 Å². The maximum Gasteiger partial charge on any atom is 0.435 e. The fourth-order valence-electron chi connectivity index (χ4n) is 3.36.